The van der Waals surface area contributed by atoms with Crippen molar-refractivity contribution < 1.29 is 14.3 Å². The summed E-state index contributed by atoms with van der Waals surface area (Å²) in [4.78, 5) is 15.5. The molecular weight excluding hydrogens is 218 g/mol. The zero-order valence-corrected chi connectivity index (χ0v) is 10.2. The lowest BCUT2D eigenvalue weighted by Gasteiger charge is -2.17. The highest BCUT2D eigenvalue weighted by molar-refractivity contribution is 5.66. The van der Waals surface area contributed by atoms with E-state index in [1.807, 2.05) is 6.07 Å². The summed E-state index contributed by atoms with van der Waals surface area (Å²) in [5.41, 5.74) is 1.94. The number of esters is 1. The number of rotatable bonds is 2. The summed E-state index contributed by atoms with van der Waals surface area (Å²) in [5.74, 6) is 0.585. The van der Waals surface area contributed by atoms with E-state index in [2.05, 4.69) is 4.98 Å². The highest BCUT2D eigenvalue weighted by atomic mass is 16.5. The van der Waals surface area contributed by atoms with Crippen molar-refractivity contribution >= 4 is 5.97 Å². The molecule has 0 saturated carbocycles. The van der Waals surface area contributed by atoms with Crippen LogP contribution >= 0.6 is 0 Å². The van der Waals surface area contributed by atoms with Crippen molar-refractivity contribution in [2.75, 3.05) is 7.11 Å². The Bertz CT molecular complexity index is 417. The molecule has 0 N–H and O–H groups in total. The van der Waals surface area contributed by atoms with Gasteiger partial charge in [0, 0.05) is 18.7 Å². The second-order valence-electron chi connectivity index (χ2n) is 4.22. The van der Waals surface area contributed by atoms with Gasteiger partial charge in [-0.2, -0.15) is 0 Å². The van der Waals surface area contributed by atoms with E-state index in [4.69, 9.17) is 9.47 Å². The molecule has 0 spiro atoms. The van der Waals surface area contributed by atoms with Gasteiger partial charge >= 0.3 is 5.97 Å². The lowest BCUT2D eigenvalue weighted by atomic mass is 10.1. The van der Waals surface area contributed by atoms with Crippen molar-refractivity contribution in [3.63, 3.8) is 0 Å². The first-order chi connectivity index (χ1) is 8.22. The predicted molar refractivity (Wildman–Crippen MR) is 62.9 cm³/mol. The maximum absolute atomic E-state index is 11.1. The number of ether oxygens (including phenoxy) is 2. The number of carbonyl (C=O) groups is 1. The number of aromatic nitrogens is 1. The second-order valence-corrected chi connectivity index (χ2v) is 4.22. The fourth-order valence-electron chi connectivity index (χ4n) is 2.29. The third kappa shape index (κ3) is 2.57. The number of hydrogen-bond donors (Lipinski definition) is 0. The molecule has 1 unspecified atom stereocenters. The van der Waals surface area contributed by atoms with Crippen LogP contribution in [-0.4, -0.2) is 18.1 Å². The van der Waals surface area contributed by atoms with Crippen molar-refractivity contribution in [3.05, 3.63) is 23.5 Å². The van der Waals surface area contributed by atoms with Gasteiger partial charge in [-0.05, 0) is 31.7 Å². The Kier molecular flexibility index (Phi) is 3.61. The van der Waals surface area contributed by atoms with E-state index in [1.54, 1.807) is 13.3 Å². The minimum Gasteiger partial charge on any atom is -0.496 e. The first kappa shape index (κ1) is 11.9. The number of methoxy groups -OCH3 is 1. The van der Waals surface area contributed by atoms with E-state index in [-0.39, 0.29) is 12.1 Å². The van der Waals surface area contributed by atoms with Crippen LogP contribution < -0.4 is 4.74 Å². The lowest BCUT2D eigenvalue weighted by Crippen LogP contribution is -2.11. The molecule has 1 atom stereocenters. The van der Waals surface area contributed by atoms with Crippen molar-refractivity contribution in [3.8, 4) is 5.75 Å². The third-order valence-corrected chi connectivity index (χ3v) is 3.02. The molecule has 0 fully saturated rings. The normalized spacial score (nSPS) is 19.1. The average molecular weight is 235 g/mol. The minimum atomic E-state index is -0.257. The van der Waals surface area contributed by atoms with Gasteiger partial charge in [-0.25, -0.2) is 0 Å². The van der Waals surface area contributed by atoms with Crippen LogP contribution in [0.3, 0.4) is 0 Å². The molecule has 2 rings (SSSR count). The molecule has 4 nitrogen and oxygen atoms in total. The maximum atomic E-state index is 11.1. The van der Waals surface area contributed by atoms with Crippen LogP contribution in [0.15, 0.2) is 12.3 Å². The summed E-state index contributed by atoms with van der Waals surface area (Å²) >= 11 is 0. The van der Waals surface area contributed by atoms with E-state index in [0.717, 1.165) is 42.7 Å². The van der Waals surface area contributed by atoms with Gasteiger partial charge in [-0.3, -0.25) is 9.78 Å². The van der Waals surface area contributed by atoms with Crippen molar-refractivity contribution in [1.82, 2.24) is 4.98 Å². The van der Waals surface area contributed by atoms with E-state index in [0.29, 0.717) is 0 Å². The van der Waals surface area contributed by atoms with Crippen molar-refractivity contribution in [1.29, 1.82) is 0 Å². The quantitative estimate of drug-likeness (QED) is 0.583. The zero-order chi connectivity index (χ0) is 12.3. The van der Waals surface area contributed by atoms with E-state index in [1.165, 1.54) is 6.92 Å². The van der Waals surface area contributed by atoms with E-state index in [9.17, 15) is 4.79 Å². The molecule has 0 bridgehead atoms. The Morgan fingerprint density at radius 1 is 1.47 bits per heavy atom. The second kappa shape index (κ2) is 5.17. The average Bonchev–Trinajstić information content (AvgIpc) is 2.51. The summed E-state index contributed by atoms with van der Waals surface area (Å²) in [6, 6.07) is 1.86. The lowest BCUT2D eigenvalue weighted by molar-refractivity contribution is -0.147. The van der Waals surface area contributed by atoms with Crippen LogP contribution in [0.25, 0.3) is 0 Å². The molecule has 17 heavy (non-hydrogen) atoms. The van der Waals surface area contributed by atoms with Gasteiger partial charge in [0.1, 0.15) is 11.9 Å². The zero-order valence-electron chi connectivity index (χ0n) is 10.2. The molecule has 1 aliphatic rings. The predicted octanol–water partition coefficient (Wildman–Crippen LogP) is 2.42. The standard InChI is InChI=1S/C13H17NO3/c1-9(15)17-12-6-4-3-5-10-11(16-2)7-8-14-13(10)12/h7-8,12H,3-6H2,1-2H3. The number of pyridine rings is 1. The largest absolute Gasteiger partial charge is 0.496 e. The fraction of sp³-hybridized carbons (Fsp3) is 0.538. The van der Waals surface area contributed by atoms with Gasteiger partial charge < -0.3 is 9.47 Å². The van der Waals surface area contributed by atoms with Gasteiger partial charge in [0.2, 0.25) is 0 Å². The van der Waals surface area contributed by atoms with Gasteiger partial charge in [0.15, 0.2) is 0 Å². The van der Waals surface area contributed by atoms with Crippen molar-refractivity contribution in [2.24, 2.45) is 0 Å². The molecule has 0 aliphatic heterocycles. The first-order valence-electron chi connectivity index (χ1n) is 5.91. The minimum absolute atomic E-state index is 0.222. The number of hydrogen-bond acceptors (Lipinski definition) is 4. The molecule has 1 heterocycles. The molecule has 1 aromatic rings. The number of nitrogens with zero attached hydrogens (tertiary/aromatic N) is 1. The van der Waals surface area contributed by atoms with Gasteiger partial charge in [0.05, 0.1) is 12.8 Å². The molecule has 4 heteroatoms. The SMILES string of the molecule is COc1ccnc2c1CCCCC2OC(C)=O. The van der Waals surface area contributed by atoms with Crippen molar-refractivity contribution in [2.45, 2.75) is 38.7 Å². The molecule has 1 aliphatic carbocycles. The Morgan fingerprint density at radius 3 is 3.00 bits per heavy atom. The van der Waals surface area contributed by atoms with Crippen LogP contribution in [0.2, 0.25) is 0 Å². The Balaban J connectivity index is 2.38. The summed E-state index contributed by atoms with van der Waals surface area (Å²) in [6.07, 6.45) is 5.38. The van der Waals surface area contributed by atoms with Crippen LogP contribution in [-0.2, 0) is 16.0 Å². The topological polar surface area (TPSA) is 48.4 Å². The van der Waals surface area contributed by atoms with Crippen LogP contribution in [0.4, 0.5) is 0 Å². The van der Waals surface area contributed by atoms with Crippen LogP contribution in [0, 0.1) is 0 Å². The Morgan fingerprint density at radius 2 is 2.29 bits per heavy atom. The monoisotopic (exact) mass is 235 g/mol. The molecule has 0 radical (unpaired) electrons. The maximum Gasteiger partial charge on any atom is 0.303 e. The molecule has 0 aromatic carbocycles. The molecule has 0 saturated heterocycles. The van der Waals surface area contributed by atoms with E-state index >= 15 is 0 Å². The number of fused-ring (bicyclic) bond motifs is 1. The fourth-order valence-corrected chi connectivity index (χ4v) is 2.29. The highest BCUT2D eigenvalue weighted by Crippen LogP contribution is 2.34. The summed E-state index contributed by atoms with van der Waals surface area (Å²) < 4.78 is 10.7. The summed E-state index contributed by atoms with van der Waals surface area (Å²) in [5, 5.41) is 0. The molecule has 1 aromatic heterocycles. The van der Waals surface area contributed by atoms with Gasteiger partial charge in [-0.1, -0.05) is 0 Å². The third-order valence-electron chi connectivity index (χ3n) is 3.02. The highest BCUT2D eigenvalue weighted by Gasteiger charge is 2.24. The number of carbonyl (C=O) groups excluding carboxylic acids is 1. The molecule has 92 valence electrons. The summed E-state index contributed by atoms with van der Waals surface area (Å²) in [7, 11) is 1.65. The Labute approximate surface area is 101 Å². The van der Waals surface area contributed by atoms with Gasteiger partial charge in [0.25, 0.3) is 0 Å². The smallest absolute Gasteiger partial charge is 0.303 e. The molecule has 0 amide bonds. The first-order valence-corrected chi connectivity index (χ1v) is 5.91. The van der Waals surface area contributed by atoms with Crippen LogP contribution in [0.5, 0.6) is 5.75 Å². The van der Waals surface area contributed by atoms with Crippen LogP contribution in [0.1, 0.15) is 43.5 Å². The molecular formula is C13H17NO3. The summed E-state index contributed by atoms with van der Waals surface area (Å²) in [6.45, 7) is 1.44. The van der Waals surface area contributed by atoms with E-state index < -0.39 is 0 Å². The van der Waals surface area contributed by atoms with Gasteiger partial charge in [-0.15, -0.1) is 0 Å². The Hall–Kier alpha value is -1.58.